The van der Waals surface area contributed by atoms with Crippen molar-refractivity contribution in [3.8, 4) is 0 Å². The number of alkyl halides is 6. The maximum atomic E-state index is 13.5. The first-order chi connectivity index (χ1) is 14.6. The zero-order valence-electron chi connectivity index (χ0n) is 19.1. The van der Waals surface area contributed by atoms with Crippen LogP contribution in [0.4, 0.5) is 37.7 Å². The van der Waals surface area contributed by atoms with Gasteiger partial charge in [-0.2, -0.15) is 26.3 Å². The van der Waals surface area contributed by atoms with Crippen LogP contribution >= 0.6 is 0 Å². The van der Waals surface area contributed by atoms with Crippen LogP contribution in [-0.2, 0) is 16.6 Å². The number of nitrogen functional groups attached to an aromatic ring is 2. The Morgan fingerprint density at radius 1 is 0.606 bits per heavy atom. The van der Waals surface area contributed by atoms with Gasteiger partial charge in [0.2, 0.25) is 0 Å². The van der Waals surface area contributed by atoms with Crippen LogP contribution in [0.2, 0.25) is 0 Å². The number of anilines is 2. The number of benzene rings is 2. The zero-order valence-corrected chi connectivity index (χ0v) is 19.1. The van der Waals surface area contributed by atoms with Gasteiger partial charge >= 0.3 is 12.4 Å². The van der Waals surface area contributed by atoms with Crippen molar-refractivity contribution >= 4 is 11.4 Å². The summed E-state index contributed by atoms with van der Waals surface area (Å²) in [4.78, 5) is 0. The van der Waals surface area contributed by atoms with E-state index in [1.807, 2.05) is 0 Å². The van der Waals surface area contributed by atoms with E-state index < -0.39 is 40.1 Å². The minimum atomic E-state index is -5.02. The van der Waals surface area contributed by atoms with Crippen molar-refractivity contribution < 1.29 is 36.6 Å². The Morgan fingerprint density at radius 2 is 0.879 bits per heavy atom. The van der Waals surface area contributed by atoms with Gasteiger partial charge in [0.05, 0.1) is 0 Å². The fourth-order valence-corrected chi connectivity index (χ4v) is 3.60. The summed E-state index contributed by atoms with van der Waals surface area (Å²) in [6.07, 6.45) is -10.0. The first-order valence-corrected chi connectivity index (χ1v) is 9.97. The van der Waals surface area contributed by atoms with Crippen molar-refractivity contribution in [2.75, 3.05) is 11.5 Å². The topological polar surface area (TPSA) is 92.5 Å². The van der Waals surface area contributed by atoms with Crippen LogP contribution in [0.1, 0.15) is 61.1 Å². The van der Waals surface area contributed by atoms with Crippen LogP contribution in [0, 0.1) is 13.8 Å². The molecule has 0 bridgehead atoms. The third-order valence-electron chi connectivity index (χ3n) is 6.37. The molecule has 4 nitrogen and oxygen atoms in total. The Labute approximate surface area is 188 Å². The minimum absolute atomic E-state index is 0.244. The average Bonchev–Trinajstić information content (AvgIpc) is 2.63. The van der Waals surface area contributed by atoms with Crippen LogP contribution < -0.4 is 11.5 Å². The van der Waals surface area contributed by atoms with E-state index in [9.17, 15) is 36.6 Å². The van der Waals surface area contributed by atoms with Gasteiger partial charge < -0.3 is 21.7 Å². The van der Waals surface area contributed by atoms with E-state index in [0.717, 1.165) is 12.1 Å². The fraction of sp³-hybridized carbons (Fsp3) is 0.478. The Balaban J connectivity index is 2.81. The van der Waals surface area contributed by atoms with E-state index >= 15 is 0 Å². The predicted octanol–water partition coefficient (Wildman–Crippen LogP) is 5.33. The molecular formula is C23H28F6N2O2. The summed E-state index contributed by atoms with van der Waals surface area (Å²) < 4.78 is 81.1. The lowest BCUT2D eigenvalue weighted by atomic mass is 9.73. The van der Waals surface area contributed by atoms with Gasteiger partial charge in [-0.25, -0.2) is 0 Å². The quantitative estimate of drug-likeness (QED) is 0.353. The fourth-order valence-electron chi connectivity index (χ4n) is 3.60. The summed E-state index contributed by atoms with van der Waals surface area (Å²) >= 11 is 0. The van der Waals surface area contributed by atoms with Gasteiger partial charge in [0.25, 0.3) is 0 Å². The van der Waals surface area contributed by atoms with E-state index in [2.05, 4.69) is 0 Å². The lowest BCUT2D eigenvalue weighted by Crippen LogP contribution is -2.40. The molecule has 0 aliphatic rings. The summed E-state index contributed by atoms with van der Waals surface area (Å²) in [5.41, 5.74) is 3.50. The molecule has 33 heavy (non-hydrogen) atoms. The smallest absolute Gasteiger partial charge is 0.398 e. The molecule has 0 amide bonds. The molecule has 0 aliphatic carbocycles. The first-order valence-electron chi connectivity index (χ1n) is 9.97. The van der Waals surface area contributed by atoms with Crippen molar-refractivity contribution in [3.05, 3.63) is 57.6 Å². The number of nitrogens with two attached hydrogens (primary N) is 2. The highest BCUT2D eigenvalue weighted by Gasteiger charge is 2.53. The molecule has 0 fully saturated rings. The molecule has 0 spiro atoms. The number of rotatable bonds is 4. The molecule has 0 saturated heterocycles. The molecular weight excluding hydrogens is 450 g/mol. The number of hydrogen-bond acceptors (Lipinski definition) is 4. The molecule has 0 aliphatic heterocycles. The number of aliphatic hydroxyl groups is 2. The molecule has 0 aromatic heterocycles. The second kappa shape index (κ2) is 7.80. The Kier molecular flexibility index (Phi) is 6.33. The van der Waals surface area contributed by atoms with Crippen LogP contribution in [0.15, 0.2) is 24.3 Å². The van der Waals surface area contributed by atoms with Gasteiger partial charge in [0.1, 0.15) is 0 Å². The highest BCUT2D eigenvalue weighted by molar-refractivity contribution is 5.62. The molecule has 0 heterocycles. The second-order valence-corrected chi connectivity index (χ2v) is 9.27. The van der Waals surface area contributed by atoms with Crippen LogP contribution in [-0.4, -0.2) is 22.6 Å². The second-order valence-electron chi connectivity index (χ2n) is 9.27. The third-order valence-corrected chi connectivity index (χ3v) is 6.37. The molecule has 2 rings (SSSR count). The molecule has 6 N–H and O–H groups in total. The van der Waals surface area contributed by atoms with Gasteiger partial charge in [-0.1, -0.05) is 26.0 Å². The van der Waals surface area contributed by atoms with E-state index in [1.54, 1.807) is 13.8 Å². The summed E-state index contributed by atoms with van der Waals surface area (Å²) in [7, 11) is 0. The largest absolute Gasteiger partial charge is 0.421 e. The SMILES string of the molecule is Cc1cc(C(C)(C)c2cc(C)c(N)c(C(C)(O)C(F)(F)F)c2)cc(C(C)(O)C(F)(F)F)c1N. The molecule has 184 valence electrons. The number of halogens is 6. The van der Waals surface area contributed by atoms with E-state index in [-0.39, 0.29) is 33.6 Å². The number of hydrogen-bond donors (Lipinski definition) is 4. The van der Waals surface area contributed by atoms with E-state index in [0.29, 0.717) is 13.8 Å². The normalized spacial score (nSPS) is 16.9. The van der Waals surface area contributed by atoms with Crippen molar-refractivity contribution in [3.63, 3.8) is 0 Å². The first kappa shape index (κ1) is 26.8. The molecule has 2 atom stereocenters. The van der Waals surface area contributed by atoms with Crippen LogP contribution in [0.3, 0.4) is 0 Å². The standard InChI is InChI=1S/C23H28F6N2O2/c1-11-7-13(9-15(17(11)30)20(5,32)22(24,25)26)19(3,4)14-8-12(2)18(31)16(10-14)21(6,33)23(27,28)29/h7-10,32-33H,30-31H2,1-6H3. The lowest BCUT2D eigenvalue weighted by molar-refractivity contribution is -0.258. The molecule has 0 radical (unpaired) electrons. The van der Waals surface area contributed by atoms with Gasteiger partial charge in [-0.05, 0) is 62.1 Å². The van der Waals surface area contributed by atoms with Crippen LogP contribution in [0.5, 0.6) is 0 Å². The monoisotopic (exact) mass is 478 g/mol. The summed E-state index contributed by atoms with van der Waals surface area (Å²) in [5.74, 6) is 0. The maximum absolute atomic E-state index is 13.5. The van der Waals surface area contributed by atoms with Crippen molar-refractivity contribution in [1.82, 2.24) is 0 Å². The summed E-state index contributed by atoms with van der Waals surface area (Å²) in [5, 5.41) is 20.5. The number of aryl methyl sites for hydroxylation is 2. The van der Waals surface area contributed by atoms with E-state index in [4.69, 9.17) is 11.5 Å². The Hall–Kier alpha value is -2.46. The van der Waals surface area contributed by atoms with Crippen molar-refractivity contribution in [2.45, 2.75) is 70.5 Å². The van der Waals surface area contributed by atoms with Gasteiger partial charge in [0, 0.05) is 27.9 Å². The summed E-state index contributed by atoms with van der Waals surface area (Å²) in [6.45, 7) is 7.31. The van der Waals surface area contributed by atoms with Crippen LogP contribution in [0.25, 0.3) is 0 Å². The highest BCUT2D eigenvalue weighted by atomic mass is 19.4. The molecule has 0 saturated carbocycles. The molecule has 10 heteroatoms. The zero-order chi connectivity index (χ0) is 25.9. The highest BCUT2D eigenvalue weighted by Crippen LogP contribution is 2.46. The molecule has 2 aromatic rings. The van der Waals surface area contributed by atoms with Crippen molar-refractivity contribution in [1.29, 1.82) is 0 Å². The predicted molar refractivity (Wildman–Crippen MR) is 115 cm³/mol. The van der Waals surface area contributed by atoms with Gasteiger partial charge in [-0.3, -0.25) is 0 Å². The maximum Gasteiger partial charge on any atom is 0.421 e. The van der Waals surface area contributed by atoms with Gasteiger partial charge in [0.15, 0.2) is 11.2 Å². The van der Waals surface area contributed by atoms with Crippen molar-refractivity contribution in [2.24, 2.45) is 0 Å². The molecule has 2 aromatic carbocycles. The Morgan fingerprint density at radius 3 is 1.12 bits per heavy atom. The molecule has 2 unspecified atom stereocenters. The minimum Gasteiger partial charge on any atom is -0.398 e. The van der Waals surface area contributed by atoms with E-state index in [1.165, 1.54) is 26.0 Å². The lowest BCUT2D eigenvalue weighted by Gasteiger charge is -2.34. The summed E-state index contributed by atoms with van der Waals surface area (Å²) in [6, 6.07) is 5.23. The third kappa shape index (κ3) is 4.38. The Bertz CT molecular complexity index is 987. The van der Waals surface area contributed by atoms with Gasteiger partial charge in [-0.15, -0.1) is 0 Å². The average molecular weight is 478 g/mol.